The van der Waals surface area contributed by atoms with Crippen molar-refractivity contribution in [3.63, 3.8) is 0 Å². The number of hydrogen-bond acceptors (Lipinski definition) is 3. The molecule has 0 unspecified atom stereocenters. The number of benzene rings is 1. The van der Waals surface area contributed by atoms with Crippen molar-refractivity contribution in [3.8, 4) is 0 Å². The first-order valence-electron chi connectivity index (χ1n) is 6.88. The van der Waals surface area contributed by atoms with Crippen molar-refractivity contribution in [3.05, 3.63) is 50.8 Å². The van der Waals surface area contributed by atoms with Gasteiger partial charge in [-0.05, 0) is 37.0 Å². The van der Waals surface area contributed by atoms with E-state index in [0.29, 0.717) is 40.8 Å². The highest BCUT2D eigenvalue weighted by Crippen LogP contribution is 2.37. The summed E-state index contributed by atoms with van der Waals surface area (Å²) in [6.45, 7) is 0. The van der Waals surface area contributed by atoms with Crippen LogP contribution in [0.5, 0.6) is 0 Å². The normalized spacial score (nSPS) is 14.1. The predicted octanol–water partition coefficient (Wildman–Crippen LogP) is 5.58. The van der Waals surface area contributed by atoms with E-state index in [4.69, 9.17) is 23.2 Å². The Kier molecular flexibility index (Phi) is 4.76. The highest BCUT2D eigenvalue weighted by Gasteiger charge is 2.38. The molecule has 2 aromatic rings. The summed E-state index contributed by atoms with van der Waals surface area (Å²) in [6.07, 6.45) is -2.82. The molecule has 0 spiro atoms. The molecule has 122 valence electrons. The van der Waals surface area contributed by atoms with Gasteiger partial charge in [0, 0.05) is 27.1 Å². The molecule has 0 fully saturated rings. The van der Waals surface area contributed by atoms with E-state index in [9.17, 15) is 13.2 Å². The molecular formula is C15H11Cl2F3N2S. The van der Waals surface area contributed by atoms with Gasteiger partial charge in [0.2, 0.25) is 0 Å². The summed E-state index contributed by atoms with van der Waals surface area (Å²) in [5, 5.41) is 1.11. The standard InChI is InChI=1S/C15H11Cl2F3N2S/c16-9-5-4-8(11(17)6-9)7-23-14-21-12-3-1-2-10(12)13(22-14)15(18,19)20/h4-6H,1-3,7H2. The molecule has 0 N–H and O–H groups in total. The molecule has 1 aromatic carbocycles. The fraction of sp³-hybridized carbons (Fsp3) is 0.333. The second-order valence-corrected chi connectivity index (χ2v) is 6.94. The van der Waals surface area contributed by atoms with E-state index in [2.05, 4.69) is 9.97 Å². The van der Waals surface area contributed by atoms with Crippen molar-refractivity contribution in [2.24, 2.45) is 0 Å². The van der Waals surface area contributed by atoms with E-state index in [0.717, 1.165) is 17.3 Å². The fourth-order valence-corrected chi connectivity index (χ4v) is 3.91. The van der Waals surface area contributed by atoms with Crippen LogP contribution in [-0.4, -0.2) is 9.97 Å². The first-order chi connectivity index (χ1) is 10.8. The average Bonchev–Trinajstić information content (AvgIpc) is 2.92. The Labute approximate surface area is 145 Å². The zero-order valence-corrected chi connectivity index (χ0v) is 14.1. The second kappa shape index (κ2) is 6.49. The molecule has 0 bridgehead atoms. The molecule has 1 aromatic heterocycles. The van der Waals surface area contributed by atoms with Crippen molar-refractivity contribution >= 4 is 35.0 Å². The third kappa shape index (κ3) is 3.75. The maximum absolute atomic E-state index is 13.2. The third-order valence-corrected chi connectivity index (χ3v) is 5.04. The molecule has 0 radical (unpaired) electrons. The van der Waals surface area contributed by atoms with Gasteiger partial charge in [0.1, 0.15) is 0 Å². The van der Waals surface area contributed by atoms with Crippen LogP contribution in [0.25, 0.3) is 0 Å². The molecule has 3 rings (SSSR count). The molecule has 2 nitrogen and oxygen atoms in total. The van der Waals surface area contributed by atoms with Crippen LogP contribution >= 0.6 is 35.0 Å². The monoisotopic (exact) mass is 378 g/mol. The number of aryl methyl sites for hydroxylation is 1. The van der Waals surface area contributed by atoms with Gasteiger partial charge in [-0.15, -0.1) is 0 Å². The van der Waals surface area contributed by atoms with Crippen molar-refractivity contribution in [2.45, 2.75) is 36.3 Å². The number of rotatable bonds is 3. The van der Waals surface area contributed by atoms with Crippen LogP contribution in [0, 0.1) is 0 Å². The Balaban J connectivity index is 1.86. The first-order valence-corrected chi connectivity index (χ1v) is 8.62. The smallest absolute Gasteiger partial charge is 0.227 e. The summed E-state index contributed by atoms with van der Waals surface area (Å²) in [5.74, 6) is 0.381. The van der Waals surface area contributed by atoms with Crippen LogP contribution in [0.4, 0.5) is 13.2 Å². The Morgan fingerprint density at radius 2 is 1.91 bits per heavy atom. The van der Waals surface area contributed by atoms with Gasteiger partial charge in [-0.2, -0.15) is 13.2 Å². The molecule has 1 aliphatic carbocycles. The maximum Gasteiger partial charge on any atom is 0.433 e. The number of aromatic nitrogens is 2. The molecule has 23 heavy (non-hydrogen) atoms. The molecule has 0 aliphatic heterocycles. The Bertz CT molecular complexity index is 750. The quantitative estimate of drug-likeness (QED) is 0.514. The minimum Gasteiger partial charge on any atom is -0.227 e. The number of thioether (sulfide) groups is 1. The first kappa shape index (κ1) is 16.9. The van der Waals surface area contributed by atoms with E-state index in [1.54, 1.807) is 18.2 Å². The Morgan fingerprint density at radius 1 is 1.13 bits per heavy atom. The molecule has 0 saturated heterocycles. The minimum atomic E-state index is -4.45. The summed E-state index contributed by atoms with van der Waals surface area (Å²) in [7, 11) is 0. The molecule has 0 atom stereocenters. The minimum absolute atomic E-state index is 0.129. The van der Waals surface area contributed by atoms with Crippen LogP contribution in [0.2, 0.25) is 10.0 Å². The molecule has 0 amide bonds. The van der Waals surface area contributed by atoms with Gasteiger partial charge in [0.25, 0.3) is 0 Å². The number of nitrogens with zero attached hydrogens (tertiary/aromatic N) is 2. The van der Waals surface area contributed by atoms with E-state index in [1.807, 2.05) is 0 Å². The van der Waals surface area contributed by atoms with Crippen molar-refractivity contribution in [1.82, 2.24) is 9.97 Å². The lowest BCUT2D eigenvalue weighted by molar-refractivity contribution is -0.142. The van der Waals surface area contributed by atoms with Gasteiger partial charge in [-0.3, -0.25) is 0 Å². The van der Waals surface area contributed by atoms with Gasteiger partial charge >= 0.3 is 6.18 Å². The lowest BCUT2D eigenvalue weighted by Crippen LogP contribution is -2.14. The number of fused-ring (bicyclic) bond motifs is 1. The average molecular weight is 379 g/mol. The van der Waals surface area contributed by atoms with E-state index in [-0.39, 0.29) is 10.7 Å². The molecule has 1 aliphatic rings. The zero-order valence-electron chi connectivity index (χ0n) is 11.8. The molecule has 0 saturated carbocycles. The molecular weight excluding hydrogens is 368 g/mol. The largest absolute Gasteiger partial charge is 0.433 e. The Hall–Kier alpha value is -0.980. The molecule has 8 heteroatoms. The van der Waals surface area contributed by atoms with Crippen LogP contribution < -0.4 is 0 Å². The van der Waals surface area contributed by atoms with E-state index < -0.39 is 11.9 Å². The van der Waals surface area contributed by atoms with Crippen LogP contribution in [-0.2, 0) is 24.8 Å². The summed E-state index contributed by atoms with van der Waals surface area (Å²) >= 11 is 13.0. The van der Waals surface area contributed by atoms with Gasteiger partial charge in [0.05, 0.1) is 0 Å². The number of alkyl halides is 3. The highest BCUT2D eigenvalue weighted by molar-refractivity contribution is 7.98. The fourth-order valence-electron chi connectivity index (χ4n) is 2.49. The number of halogens is 5. The maximum atomic E-state index is 13.2. The topological polar surface area (TPSA) is 25.8 Å². The van der Waals surface area contributed by atoms with Gasteiger partial charge in [-0.1, -0.05) is 41.0 Å². The summed E-state index contributed by atoms with van der Waals surface area (Å²) in [5.41, 5.74) is 0.729. The van der Waals surface area contributed by atoms with Gasteiger partial charge < -0.3 is 0 Å². The van der Waals surface area contributed by atoms with Crippen LogP contribution in [0.15, 0.2) is 23.4 Å². The lowest BCUT2D eigenvalue weighted by Gasteiger charge is -2.12. The van der Waals surface area contributed by atoms with E-state index in [1.165, 1.54) is 0 Å². The third-order valence-electron chi connectivity index (χ3n) is 3.55. The predicted molar refractivity (Wildman–Crippen MR) is 85.1 cm³/mol. The Morgan fingerprint density at radius 3 is 2.61 bits per heavy atom. The van der Waals surface area contributed by atoms with Gasteiger partial charge in [-0.25, -0.2) is 9.97 Å². The number of hydrogen-bond donors (Lipinski definition) is 0. The SMILES string of the molecule is FC(F)(F)c1nc(SCc2ccc(Cl)cc2Cl)nc2c1CCC2. The van der Waals surface area contributed by atoms with E-state index >= 15 is 0 Å². The van der Waals surface area contributed by atoms with Crippen molar-refractivity contribution < 1.29 is 13.2 Å². The lowest BCUT2D eigenvalue weighted by atomic mass is 10.2. The van der Waals surface area contributed by atoms with Crippen molar-refractivity contribution in [2.75, 3.05) is 0 Å². The highest BCUT2D eigenvalue weighted by atomic mass is 35.5. The zero-order chi connectivity index (χ0) is 16.6. The second-order valence-electron chi connectivity index (χ2n) is 5.16. The summed E-state index contributed by atoms with van der Waals surface area (Å²) in [4.78, 5) is 8.01. The summed E-state index contributed by atoms with van der Waals surface area (Å²) < 4.78 is 39.5. The van der Waals surface area contributed by atoms with Crippen LogP contribution in [0.3, 0.4) is 0 Å². The molecule has 1 heterocycles. The van der Waals surface area contributed by atoms with Crippen molar-refractivity contribution in [1.29, 1.82) is 0 Å². The van der Waals surface area contributed by atoms with Gasteiger partial charge in [0.15, 0.2) is 10.9 Å². The van der Waals surface area contributed by atoms with Crippen LogP contribution in [0.1, 0.15) is 28.9 Å². The summed E-state index contributed by atoms with van der Waals surface area (Å²) in [6, 6.07) is 5.04.